The first-order valence-corrected chi connectivity index (χ1v) is 12.4. The number of likely N-dealkylation sites (tertiary alicyclic amines) is 1. The van der Waals surface area contributed by atoms with Gasteiger partial charge in [-0.1, -0.05) is 59.1 Å². The SMILES string of the molecule is CC(C)[C@H]1CC[C@@H](C)C[C@H]1OC(=O)CN1C(=O)[C@@H]2[C@@H]3C[C@@H]([C@@H](Br)[C@H]3Br)[C@@H]2C1=O. The summed E-state index contributed by atoms with van der Waals surface area (Å²) in [7, 11) is 0. The number of carbonyl (C=O) groups is 3. The summed E-state index contributed by atoms with van der Waals surface area (Å²) in [5.41, 5.74) is 0. The van der Waals surface area contributed by atoms with Gasteiger partial charge in [-0.25, -0.2) is 0 Å². The number of carbonyl (C=O) groups excluding carboxylic acids is 3. The normalized spacial score (nSPS) is 45.1. The molecular formula is C21H29Br2NO4. The highest BCUT2D eigenvalue weighted by atomic mass is 79.9. The van der Waals surface area contributed by atoms with Gasteiger partial charge in [-0.05, 0) is 48.9 Å². The van der Waals surface area contributed by atoms with Gasteiger partial charge in [0.15, 0.2) is 0 Å². The third kappa shape index (κ3) is 3.28. The Balaban J connectivity index is 1.43. The number of hydrogen-bond donors (Lipinski definition) is 0. The predicted molar refractivity (Wildman–Crippen MR) is 112 cm³/mol. The number of rotatable bonds is 4. The molecule has 1 heterocycles. The minimum absolute atomic E-state index is 0.112. The second-order valence-corrected chi connectivity index (χ2v) is 11.7. The van der Waals surface area contributed by atoms with Crippen molar-refractivity contribution in [2.75, 3.05) is 6.54 Å². The summed E-state index contributed by atoms with van der Waals surface area (Å²) >= 11 is 7.37. The second kappa shape index (κ2) is 7.68. The molecule has 0 aromatic carbocycles. The Bertz CT molecular complexity index is 651. The van der Waals surface area contributed by atoms with Crippen LogP contribution in [-0.4, -0.2) is 45.0 Å². The van der Waals surface area contributed by atoms with E-state index in [2.05, 4.69) is 52.6 Å². The van der Waals surface area contributed by atoms with Gasteiger partial charge in [0.25, 0.3) is 0 Å². The van der Waals surface area contributed by atoms with Crippen molar-refractivity contribution in [2.24, 2.45) is 41.4 Å². The first-order valence-electron chi connectivity index (χ1n) is 10.5. The van der Waals surface area contributed by atoms with Gasteiger partial charge in [-0.2, -0.15) is 0 Å². The van der Waals surface area contributed by atoms with Crippen LogP contribution < -0.4 is 0 Å². The molecule has 0 aromatic heterocycles. The number of imide groups is 1. The van der Waals surface area contributed by atoms with Gasteiger partial charge in [0.1, 0.15) is 12.6 Å². The van der Waals surface area contributed by atoms with E-state index in [1.54, 1.807) is 0 Å². The van der Waals surface area contributed by atoms with E-state index in [4.69, 9.17) is 4.74 Å². The van der Waals surface area contributed by atoms with Crippen LogP contribution in [-0.2, 0) is 19.1 Å². The summed E-state index contributed by atoms with van der Waals surface area (Å²) in [6.07, 6.45) is 3.87. The lowest BCUT2D eigenvalue weighted by molar-refractivity contribution is -0.162. The number of fused-ring (bicyclic) bond motifs is 5. The van der Waals surface area contributed by atoms with Crippen molar-refractivity contribution in [3.63, 3.8) is 0 Å². The summed E-state index contributed by atoms with van der Waals surface area (Å²) in [5, 5.41) is 0. The molecule has 4 fully saturated rings. The highest BCUT2D eigenvalue weighted by Crippen LogP contribution is 2.60. The molecule has 5 nitrogen and oxygen atoms in total. The Morgan fingerprint density at radius 3 is 2.18 bits per heavy atom. The van der Waals surface area contributed by atoms with Crippen molar-refractivity contribution in [3.05, 3.63) is 0 Å². The van der Waals surface area contributed by atoms with E-state index in [0.717, 1.165) is 25.7 Å². The van der Waals surface area contributed by atoms with Crippen LogP contribution in [0.3, 0.4) is 0 Å². The Kier molecular flexibility index (Phi) is 5.71. The van der Waals surface area contributed by atoms with E-state index in [-0.39, 0.29) is 57.8 Å². The standard InChI is InChI=1S/C21H29Br2NO4/c1-9(2)11-5-4-10(3)6-14(11)28-15(25)8-24-20(26)16-12-7-13(17(16)21(24)27)19(23)18(12)22/h9-14,16-19H,4-8H2,1-3H3/t10-,11-,12-,13+,14-,16+,17-,18-,19+/m1/s1. The fourth-order valence-electron chi connectivity index (χ4n) is 6.15. The van der Waals surface area contributed by atoms with Crippen LogP contribution in [0, 0.1) is 41.4 Å². The highest BCUT2D eigenvalue weighted by Gasteiger charge is 2.66. The van der Waals surface area contributed by atoms with Gasteiger partial charge in [0.05, 0.1) is 11.8 Å². The topological polar surface area (TPSA) is 63.7 Å². The first-order chi connectivity index (χ1) is 13.2. The van der Waals surface area contributed by atoms with Crippen molar-refractivity contribution in [1.82, 2.24) is 4.90 Å². The molecule has 2 bridgehead atoms. The van der Waals surface area contributed by atoms with Gasteiger partial charge in [-0.15, -0.1) is 0 Å². The zero-order valence-electron chi connectivity index (χ0n) is 16.6. The minimum atomic E-state index is -0.440. The molecule has 28 heavy (non-hydrogen) atoms. The highest BCUT2D eigenvalue weighted by molar-refractivity contribution is 9.12. The lowest BCUT2D eigenvalue weighted by atomic mass is 9.75. The molecule has 7 heteroatoms. The molecule has 3 aliphatic carbocycles. The quantitative estimate of drug-likeness (QED) is 0.323. The summed E-state index contributed by atoms with van der Waals surface area (Å²) in [6, 6.07) is 0. The number of nitrogens with zero attached hydrogens (tertiary/aromatic N) is 1. The maximum Gasteiger partial charge on any atom is 0.326 e. The van der Waals surface area contributed by atoms with Crippen LogP contribution in [0.1, 0.15) is 46.5 Å². The van der Waals surface area contributed by atoms with Crippen LogP contribution in [0.5, 0.6) is 0 Å². The number of alkyl halides is 2. The molecule has 0 N–H and O–H groups in total. The molecule has 0 unspecified atom stereocenters. The Morgan fingerprint density at radius 1 is 1.07 bits per heavy atom. The Morgan fingerprint density at radius 2 is 1.64 bits per heavy atom. The number of amides is 2. The maximum atomic E-state index is 13.0. The monoisotopic (exact) mass is 517 g/mol. The Hall–Kier alpha value is -0.430. The van der Waals surface area contributed by atoms with Gasteiger partial charge < -0.3 is 4.74 Å². The van der Waals surface area contributed by atoms with Crippen LogP contribution in [0.15, 0.2) is 0 Å². The minimum Gasteiger partial charge on any atom is -0.461 e. The fourth-order valence-corrected chi connectivity index (χ4v) is 8.03. The first kappa shape index (κ1) is 20.8. The van der Waals surface area contributed by atoms with Crippen molar-refractivity contribution >= 4 is 49.6 Å². The second-order valence-electron chi connectivity index (χ2n) is 9.62. The molecule has 3 saturated carbocycles. The van der Waals surface area contributed by atoms with E-state index >= 15 is 0 Å². The molecule has 2 amide bonds. The lowest BCUT2D eigenvalue weighted by Crippen LogP contribution is -2.41. The zero-order chi connectivity index (χ0) is 20.3. The molecular weight excluding hydrogens is 490 g/mol. The smallest absolute Gasteiger partial charge is 0.326 e. The number of ether oxygens (including phenoxy) is 1. The zero-order valence-corrected chi connectivity index (χ0v) is 19.8. The molecule has 1 saturated heterocycles. The van der Waals surface area contributed by atoms with E-state index < -0.39 is 5.97 Å². The van der Waals surface area contributed by atoms with Crippen molar-refractivity contribution in [1.29, 1.82) is 0 Å². The number of halogens is 2. The molecule has 4 aliphatic rings. The largest absolute Gasteiger partial charge is 0.461 e. The van der Waals surface area contributed by atoms with E-state index in [0.29, 0.717) is 17.8 Å². The average Bonchev–Trinajstić information content (AvgIpc) is 3.22. The van der Waals surface area contributed by atoms with E-state index in [1.165, 1.54) is 4.90 Å². The van der Waals surface area contributed by atoms with E-state index in [1.807, 2.05) is 0 Å². The van der Waals surface area contributed by atoms with Crippen LogP contribution in [0.25, 0.3) is 0 Å². The van der Waals surface area contributed by atoms with Crippen LogP contribution in [0.2, 0.25) is 0 Å². The molecule has 0 spiro atoms. The van der Waals surface area contributed by atoms with Gasteiger partial charge in [-0.3, -0.25) is 19.3 Å². The maximum absolute atomic E-state index is 13.0. The molecule has 1 aliphatic heterocycles. The van der Waals surface area contributed by atoms with E-state index in [9.17, 15) is 14.4 Å². The van der Waals surface area contributed by atoms with Gasteiger partial charge >= 0.3 is 5.97 Å². The molecule has 0 aromatic rings. The Labute approximate surface area is 183 Å². The molecule has 4 rings (SSSR count). The van der Waals surface area contributed by atoms with Crippen molar-refractivity contribution in [2.45, 2.75) is 62.2 Å². The number of esters is 1. The van der Waals surface area contributed by atoms with Crippen molar-refractivity contribution in [3.8, 4) is 0 Å². The van der Waals surface area contributed by atoms with Crippen LogP contribution in [0.4, 0.5) is 0 Å². The third-order valence-electron chi connectivity index (χ3n) is 7.61. The predicted octanol–water partition coefficient (Wildman–Crippen LogP) is 3.77. The summed E-state index contributed by atoms with van der Waals surface area (Å²) < 4.78 is 5.82. The molecule has 9 atom stereocenters. The van der Waals surface area contributed by atoms with Gasteiger partial charge in [0, 0.05) is 9.65 Å². The van der Waals surface area contributed by atoms with Gasteiger partial charge in [0.2, 0.25) is 11.8 Å². The summed E-state index contributed by atoms with van der Waals surface area (Å²) in [4.78, 5) is 40.2. The summed E-state index contributed by atoms with van der Waals surface area (Å²) in [5.74, 6) is 0.312. The van der Waals surface area contributed by atoms with Crippen LogP contribution >= 0.6 is 31.9 Å². The number of hydrogen-bond acceptors (Lipinski definition) is 4. The van der Waals surface area contributed by atoms with Crippen molar-refractivity contribution < 1.29 is 19.1 Å². The lowest BCUT2D eigenvalue weighted by Gasteiger charge is -2.36. The summed E-state index contributed by atoms with van der Waals surface area (Å²) in [6.45, 7) is 6.29. The average molecular weight is 519 g/mol. The fraction of sp³-hybridized carbons (Fsp3) is 0.857. The third-order valence-corrected chi connectivity index (χ3v) is 10.8. The molecule has 0 radical (unpaired) electrons. The molecule has 156 valence electrons.